The highest BCUT2D eigenvalue weighted by molar-refractivity contribution is 5.95. The Morgan fingerprint density at radius 2 is 2.07 bits per heavy atom. The molecule has 0 saturated carbocycles. The number of carbonyl (C=O) groups excluding carboxylic acids is 1. The fourth-order valence-electron chi connectivity index (χ4n) is 1.55. The minimum atomic E-state index is -0.397. The predicted octanol–water partition coefficient (Wildman–Crippen LogP) is 0.763. The van der Waals surface area contributed by atoms with Crippen molar-refractivity contribution in [2.45, 2.75) is 0 Å². The molecule has 2 rings (SSSR count). The summed E-state index contributed by atoms with van der Waals surface area (Å²) >= 11 is 0. The quantitative estimate of drug-likeness (QED) is 0.658. The van der Waals surface area contributed by atoms with Crippen molar-refractivity contribution in [3.63, 3.8) is 0 Å². The van der Waals surface area contributed by atoms with Crippen LogP contribution in [0.4, 0.5) is 0 Å². The third kappa shape index (κ3) is 1.33. The SMILES string of the molecule is C[n+]1cc(C(N)=O)cc2ccccc21. The molecule has 2 N–H and O–H groups in total. The van der Waals surface area contributed by atoms with Crippen LogP contribution in [-0.4, -0.2) is 5.91 Å². The lowest BCUT2D eigenvalue weighted by Gasteiger charge is -1.98. The molecule has 14 heavy (non-hydrogen) atoms. The molecule has 0 saturated heterocycles. The molecule has 3 nitrogen and oxygen atoms in total. The van der Waals surface area contributed by atoms with Crippen LogP contribution >= 0.6 is 0 Å². The largest absolute Gasteiger partial charge is 0.365 e. The molecule has 0 aliphatic carbocycles. The van der Waals surface area contributed by atoms with Crippen LogP contribution in [0.15, 0.2) is 36.5 Å². The highest BCUT2D eigenvalue weighted by Gasteiger charge is 2.09. The standard InChI is InChI=1S/C11H10N2O/c1-13-7-9(11(12)14)6-8-4-2-3-5-10(8)13/h2-7H,1H3,(H-,12,14)/p+1. The van der Waals surface area contributed by atoms with E-state index in [-0.39, 0.29) is 0 Å². The Balaban J connectivity index is 2.78. The van der Waals surface area contributed by atoms with E-state index in [9.17, 15) is 4.79 Å². The van der Waals surface area contributed by atoms with Crippen LogP contribution in [0.25, 0.3) is 10.9 Å². The second-order valence-electron chi connectivity index (χ2n) is 3.26. The van der Waals surface area contributed by atoms with E-state index in [1.807, 2.05) is 35.9 Å². The summed E-state index contributed by atoms with van der Waals surface area (Å²) in [6, 6.07) is 9.67. The van der Waals surface area contributed by atoms with Gasteiger partial charge in [0.25, 0.3) is 5.91 Å². The Kier molecular flexibility index (Phi) is 1.93. The lowest BCUT2D eigenvalue weighted by atomic mass is 10.1. The molecule has 0 spiro atoms. The minimum Gasteiger partial charge on any atom is -0.365 e. The van der Waals surface area contributed by atoms with Crippen molar-refractivity contribution < 1.29 is 9.36 Å². The Morgan fingerprint density at radius 1 is 1.36 bits per heavy atom. The molecule has 1 aromatic heterocycles. The number of carbonyl (C=O) groups is 1. The van der Waals surface area contributed by atoms with Gasteiger partial charge in [0.1, 0.15) is 12.6 Å². The van der Waals surface area contributed by atoms with Gasteiger partial charge in [-0.15, -0.1) is 0 Å². The molecule has 0 radical (unpaired) electrons. The highest BCUT2D eigenvalue weighted by Crippen LogP contribution is 2.10. The predicted molar refractivity (Wildman–Crippen MR) is 53.6 cm³/mol. The maximum Gasteiger partial charge on any atom is 0.254 e. The number of hydrogen-bond acceptors (Lipinski definition) is 1. The summed E-state index contributed by atoms with van der Waals surface area (Å²) in [5, 5.41) is 1.02. The van der Waals surface area contributed by atoms with Crippen LogP contribution < -0.4 is 10.3 Å². The average molecular weight is 187 g/mol. The average Bonchev–Trinajstić information content (AvgIpc) is 2.17. The van der Waals surface area contributed by atoms with Gasteiger partial charge in [0.15, 0.2) is 6.20 Å². The first-order valence-electron chi connectivity index (χ1n) is 4.37. The third-order valence-corrected chi connectivity index (χ3v) is 2.24. The monoisotopic (exact) mass is 187 g/mol. The van der Waals surface area contributed by atoms with Crippen LogP contribution in [0, 0.1) is 0 Å². The number of hydrogen-bond donors (Lipinski definition) is 1. The lowest BCUT2D eigenvalue weighted by Crippen LogP contribution is -2.30. The van der Waals surface area contributed by atoms with Gasteiger partial charge in [-0.3, -0.25) is 4.79 Å². The molecule has 0 atom stereocenters. The van der Waals surface area contributed by atoms with Crippen molar-refractivity contribution in [2.24, 2.45) is 12.8 Å². The Bertz CT molecular complexity index is 506. The van der Waals surface area contributed by atoms with Gasteiger partial charge < -0.3 is 5.73 Å². The van der Waals surface area contributed by atoms with E-state index in [4.69, 9.17) is 5.73 Å². The van der Waals surface area contributed by atoms with Crippen molar-refractivity contribution in [3.8, 4) is 0 Å². The number of para-hydroxylation sites is 1. The summed E-state index contributed by atoms with van der Waals surface area (Å²) in [5.74, 6) is -0.397. The molecule has 0 fully saturated rings. The Hall–Kier alpha value is -1.90. The van der Waals surface area contributed by atoms with Crippen LogP contribution in [0.3, 0.4) is 0 Å². The number of fused-ring (bicyclic) bond motifs is 1. The van der Waals surface area contributed by atoms with Gasteiger partial charge in [0, 0.05) is 11.5 Å². The zero-order valence-corrected chi connectivity index (χ0v) is 7.90. The number of nitrogens with zero attached hydrogens (tertiary/aromatic N) is 1. The number of amides is 1. The molecular weight excluding hydrogens is 176 g/mol. The molecule has 2 aromatic rings. The van der Waals surface area contributed by atoms with E-state index < -0.39 is 5.91 Å². The molecular formula is C11H11N2O+. The molecule has 0 unspecified atom stereocenters. The van der Waals surface area contributed by atoms with Crippen LogP contribution in [0.1, 0.15) is 10.4 Å². The summed E-state index contributed by atoms with van der Waals surface area (Å²) < 4.78 is 1.90. The highest BCUT2D eigenvalue weighted by atomic mass is 16.1. The van der Waals surface area contributed by atoms with Gasteiger partial charge in [-0.1, -0.05) is 12.1 Å². The Morgan fingerprint density at radius 3 is 2.79 bits per heavy atom. The van der Waals surface area contributed by atoms with Gasteiger partial charge in [-0.05, 0) is 12.1 Å². The fraction of sp³-hybridized carbons (Fsp3) is 0.0909. The molecule has 0 aliphatic rings. The first-order chi connectivity index (χ1) is 6.68. The maximum absolute atomic E-state index is 11.0. The smallest absolute Gasteiger partial charge is 0.254 e. The first kappa shape index (κ1) is 8.69. The van der Waals surface area contributed by atoms with E-state index >= 15 is 0 Å². The Labute approximate surface area is 81.8 Å². The van der Waals surface area contributed by atoms with E-state index in [2.05, 4.69) is 0 Å². The van der Waals surface area contributed by atoms with Crippen LogP contribution in [-0.2, 0) is 7.05 Å². The summed E-state index contributed by atoms with van der Waals surface area (Å²) in [6.07, 6.45) is 1.74. The van der Waals surface area contributed by atoms with Crippen LogP contribution in [0.2, 0.25) is 0 Å². The summed E-state index contributed by atoms with van der Waals surface area (Å²) in [7, 11) is 1.90. The van der Waals surface area contributed by atoms with Gasteiger partial charge in [0.2, 0.25) is 5.52 Å². The lowest BCUT2D eigenvalue weighted by molar-refractivity contribution is -0.645. The topological polar surface area (TPSA) is 47.0 Å². The van der Waals surface area contributed by atoms with Gasteiger partial charge in [0.05, 0.1) is 0 Å². The molecule has 1 amide bonds. The van der Waals surface area contributed by atoms with Crippen molar-refractivity contribution in [1.82, 2.24) is 0 Å². The number of rotatable bonds is 1. The van der Waals surface area contributed by atoms with Crippen molar-refractivity contribution in [1.29, 1.82) is 0 Å². The summed E-state index contributed by atoms with van der Waals surface area (Å²) in [5.41, 5.74) is 6.84. The molecule has 1 aromatic carbocycles. The molecule has 1 heterocycles. The van der Waals surface area contributed by atoms with E-state index in [1.54, 1.807) is 12.3 Å². The van der Waals surface area contributed by atoms with Gasteiger partial charge >= 0.3 is 0 Å². The van der Waals surface area contributed by atoms with Gasteiger partial charge in [-0.2, -0.15) is 0 Å². The van der Waals surface area contributed by atoms with Gasteiger partial charge in [-0.25, -0.2) is 4.57 Å². The van der Waals surface area contributed by atoms with Crippen molar-refractivity contribution in [3.05, 3.63) is 42.1 Å². The zero-order chi connectivity index (χ0) is 10.1. The fourth-order valence-corrected chi connectivity index (χ4v) is 1.55. The molecule has 0 aliphatic heterocycles. The van der Waals surface area contributed by atoms with E-state index in [0.717, 1.165) is 10.9 Å². The summed E-state index contributed by atoms with van der Waals surface area (Å²) in [6.45, 7) is 0. The number of pyridine rings is 1. The van der Waals surface area contributed by atoms with Crippen molar-refractivity contribution >= 4 is 16.8 Å². The number of benzene rings is 1. The minimum absolute atomic E-state index is 0.397. The number of aryl methyl sites for hydroxylation is 1. The van der Waals surface area contributed by atoms with Crippen LogP contribution in [0.5, 0.6) is 0 Å². The molecule has 70 valence electrons. The molecule has 3 heteroatoms. The second kappa shape index (κ2) is 3.10. The third-order valence-electron chi connectivity index (χ3n) is 2.24. The zero-order valence-electron chi connectivity index (χ0n) is 7.90. The number of aromatic nitrogens is 1. The normalized spacial score (nSPS) is 10.4. The number of primary amides is 1. The van der Waals surface area contributed by atoms with Crippen molar-refractivity contribution in [2.75, 3.05) is 0 Å². The molecule has 0 bridgehead atoms. The first-order valence-corrected chi connectivity index (χ1v) is 4.37. The van der Waals surface area contributed by atoms with E-state index in [0.29, 0.717) is 5.56 Å². The summed E-state index contributed by atoms with van der Waals surface area (Å²) in [4.78, 5) is 11.0. The number of nitrogens with two attached hydrogens (primary N) is 1. The maximum atomic E-state index is 11.0. The second-order valence-corrected chi connectivity index (χ2v) is 3.26. The van der Waals surface area contributed by atoms with E-state index in [1.165, 1.54) is 0 Å².